The van der Waals surface area contributed by atoms with E-state index in [1.54, 1.807) is 0 Å². The Bertz CT molecular complexity index is 358. The molecule has 0 spiro atoms. The molecular weight excluding hydrogens is 224 g/mol. The molecule has 0 saturated heterocycles. The van der Waals surface area contributed by atoms with Crippen molar-refractivity contribution in [2.45, 2.75) is 0 Å². The minimum atomic E-state index is -0.619. The van der Waals surface area contributed by atoms with Crippen LogP contribution in [0.25, 0.3) is 10.4 Å². The molecular formula is C6H3BrN4O. The van der Waals surface area contributed by atoms with Gasteiger partial charge < -0.3 is 0 Å². The fourth-order valence-corrected chi connectivity index (χ4v) is 1.06. The molecule has 0 aliphatic heterocycles. The quantitative estimate of drug-likeness (QED) is 0.419. The van der Waals surface area contributed by atoms with Crippen molar-refractivity contribution in [3.8, 4) is 0 Å². The van der Waals surface area contributed by atoms with Gasteiger partial charge in [-0.1, -0.05) is 0 Å². The molecule has 5 nitrogen and oxygen atoms in total. The summed E-state index contributed by atoms with van der Waals surface area (Å²) in [6.07, 6.45) is 2.91. The Hall–Kier alpha value is -1.39. The molecule has 0 aliphatic carbocycles. The first-order chi connectivity index (χ1) is 5.75. The van der Waals surface area contributed by atoms with Crippen LogP contribution in [0.5, 0.6) is 0 Å². The van der Waals surface area contributed by atoms with Crippen LogP contribution < -0.4 is 0 Å². The van der Waals surface area contributed by atoms with Crippen LogP contribution in [-0.4, -0.2) is 10.9 Å². The van der Waals surface area contributed by atoms with E-state index in [1.165, 1.54) is 18.5 Å². The Labute approximate surface area is 76.2 Å². The zero-order valence-corrected chi connectivity index (χ0v) is 7.39. The average Bonchev–Trinajstić information content (AvgIpc) is 2.05. The predicted molar refractivity (Wildman–Crippen MR) is 45.4 cm³/mol. The Morgan fingerprint density at radius 1 is 1.75 bits per heavy atom. The van der Waals surface area contributed by atoms with E-state index in [4.69, 9.17) is 5.53 Å². The number of aromatic nitrogens is 1. The predicted octanol–water partition coefficient (Wildman–Crippen LogP) is 2.29. The number of pyridine rings is 1. The molecule has 6 heteroatoms. The van der Waals surface area contributed by atoms with Gasteiger partial charge >= 0.3 is 0 Å². The van der Waals surface area contributed by atoms with E-state index >= 15 is 0 Å². The fraction of sp³-hybridized carbons (Fsp3) is 0. The van der Waals surface area contributed by atoms with Crippen LogP contribution in [0.3, 0.4) is 0 Å². The molecule has 0 saturated carbocycles. The number of carbonyl (C=O) groups is 1. The molecule has 0 aliphatic rings. The summed E-state index contributed by atoms with van der Waals surface area (Å²) < 4.78 is 0.516. The summed E-state index contributed by atoms with van der Waals surface area (Å²) in [7, 11) is 0. The summed E-state index contributed by atoms with van der Waals surface area (Å²) >= 11 is 3.10. The Kier molecular flexibility index (Phi) is 2.79. The zero-order chi connectivity index (χ0) is 8.97. The van der Waals surface area contributed by atoms with E-state index in [0.29, 0.717) is 10.0 Å². The van der Waals surface area contributed by atoms with Crippen LogP contribution in [0, 0.1) is 0 Å². The highest BCUT2D eigenvalue weighted by molar-refractivity contribution is 9.10. The maximum absolute atomic E-state index is 11.0. The molecule has 60 valence electrons. The van der Waals surface area contributed by atoms with E-state index < -0.39 is 5.91 Å². The van der Waals surface area contributed by atoms with Gasteiger partial charge in [-0.15, -0.1) is 0 Å². The normalized spacial score (nSPS) is 8.75. The van der Waals surface area contributed by atoms with Gasteiger partial charge in [0, 0.05) is 27.3 Å². The maximum Gasteiger partial charge on any atom is 0.250 e. The summed E-state index contributed by atoms with van der Waals surface area (Å²) in [6, 6.07) is 1.47. The molecule has 1 aromatic heterocycles. The van der Waals surface area contributed by atoms with Gasteiger partial charge in [0.1, 0.15) is 0 Å². The first kappa shape index (κ1) is 8.70. The third-order valence-electron chi connectivity index (χ3n) is 1.14. The number of rotatable bonds is 1. The SMILES string of the molecule is [N-]=[N+]=NC(=O)c1ccncc1Br. The summed E-state index contributed by atoms with van der Waals surface area (Å²) in [5.41, 5.74) is 8.30. The summed E-state index contributed by atoms with van der Waals surface area (Å²) in [5.74, 6) is -0.619. The summed E-state index contributed by atoms with van der Waals surface area (Å²) in [6.45, 7) is 0. The minimum Gasteiger partial charge on any atom is -0.287 e. The van der Waals surface area contributed by atoms with Crippen molar-refractivity contribution in [1.29, 1.82) is 0 Å². The van der Waals surface area contributed by atoms with Crippen molar-refractivity contribution >= 4 is 21.8 Å². The molecule has 0 unspecified atom stereocenters. The van der Waals surface area contributed by atoms with E-state index in [0.717, 1.165) is 0 Å². The van der Waals surface area contributed by atoms with E-state index in [1.807, 2.05) is 0 Å². The molecule has 12 heavy (non-hydrogen) atoms. The van der Waals surface area contributed by atoms with E-state index in [-0.39, 0.29) is 0 Å². The average molecular weight is 227 g/mol. The number of amides is 1. The van der Waals surface area contributed by atoms with Gasteiger partial charge in [-0.3, -0.25) is 9.78 Å². The number of halogens is 1. The van der Waals surface area contributed by atoms with Crippen LogP contribution in [0.2, 0.25) is 0 Å². The zero-order valence-electron chi connectivity index (χ0n) is 5.81. The van der Waals surface area contributed by atoms with Crippen molar-refractivity contribution in [2.75, 3.05) is 0 Å². The number of carbonyl (C=O) groups excluding carboxylic acids is 1. The van der Waals surface area contributed by atoms with Crippen LogP contribution >= 0.6 is 15.9 Å². The Morgan fingerprint density at radius 3 is 3.08 bits per heavy atom. The lowest BCUT2D eigenvalue weighted by molar-refractivity contribution is 0.0999. The van der Waals surface area contributed by atoms with Crippen molar-refractivity contribution in [3.63, 3.8) is 0 Å². The minimum absolute atomic E-state index is 0.308. The monoisotopic (exact) mass is 226 g/mol. The summed E-state index contributed by atoms with van der Waals surface area (Å²) in [4.78, 5) is 17.1. The molecule has 0 bridgehead atoms. The lowest BCUT2D eigenvalue weighted by atomic mass is 10.3. The van der Waals surface area contributed by atoms with Crippen LogP contribution in [0.15, 0.2) is 28.0 Å². The Balaban J connectivity index is 3.11. The number of hydrogen-bond donors (Lipinski definition) is 0. The van der Waals surface area contributed by atoms with Gasteiger partial charge in [0.15, 0.2) is 0 Å². The number of azide groups is 1. The van der Waals surface area contributed by atoms with E-state index in [9.17, 15) is 4.79 Å². The highest BCUT2D eigenvalue weighted by Gasteiger charge is 2.06. The lowest BCUT2D eigenvalue weighted by Gasteiger charge is -1.95. The van der Waals surface area contributed by atoms with Crippen molar-refractivity contribution < 1.29 is 4.79 Å². The molecule has 1 aromatic rings. The number of hydrogen-bond acceptors (Lipinski definition) is 2. The largest absolute Gasteiger partial charge is 0.287 e. The third-order valence-corrected chi connectivity index (χ3v) is 1.77. The van der Waals surface area contributed by atoms with Gasteiger partial charge in [0.25, 0.3) is 0 Å². The van der Waals surface area contributed by atoms with Crippen molar-refractivity contribution in [2.24, 2.45) is 5.11 Å². The topological polar surface area (TPSA) is 78.7 Å². The second kappa shape index (κ2) is 3.85. The molecule has 1 rings (SSSR count). The van der Waals surface area contributed by atoms with Gasteiger partial charge in [0.2, 0.25) is 5.91 Å². The van der Waals surface area contributed by atoms with Gasteiger partial charge in [-0.2, -0.15) is 0 Å². The maximum atomic E-state index is 11.0. The molecule has 0 aromatic carbocycles. The van der Waals surface area contributed by atoms with E-state index in [2.05, 4.69) is 30.9 Å². The summed E-state index contributed by atoms with van der Waals surface area (Å²) in [5, 5.41) is 2.94. The van der Waals surface area contributed by atoms with Crippen molar-refractivity contribution in [3.05, 3.63) is 38.9 Å². The molecule has 0 fully saturated rings. The van der Waals surface area contributed by atoms with Crippen LogP contribution in [0.4, 0.5) is 0 Å². The lowest BCUT2D eigenvalue weighted by Crippen LogP contribution is -1.94. The van der Waals surface area contributed by atoms with Gasteiger partial charge in [-0.05, 0) is 32.6 Å². The highest BCUT2D eigenvalue weighted by Crippen LogP contribution is 2.14. The number of nitrogens with zero attached hydrogens (tertiary/aromatic N) is 4. The Morgan fingerprint density at radius 2 is 2.50 bits per heavy atom. The molecule has 1 amide bonds. The molecule has 1 heterocycles. The molecule has 0 radical (unpaired) electrons. The molecule has 0 atom stereocenters. The van der Waals surface area contributed by atoms with Crippen LogP contribution in [0.1, 0.15) is 10.4 Å². The fourth-order valence-electron chi connectivity index (χ4n) is 0.643. The second-order valence-electron chi connectivity index (χ2n) is 1.85. The first-order valence-corrected chi connectivity index (χ1v) is 3.74. The smallest absolute Gasteiger partial charge is 0.250 e. The standard InChI is InChI=1S/C6H3BrN4O/c7-5-3-9-2-1-4(5)6(12)10-11-8/h1-3H. The third kappa shape index (κ3) is 1.81. The van der Waals surface area contributed by atoms with Crippen molar-refractivity contribution in [1.82, 2.24) is 4.98 Å². The highest BCUT2D eigenvalue weighted by atomic mass is 79.9. The van der Waals surface area contributed by atoms with Crippen LogP contribution in [-0.2, 0) is 0 Å². The molecule has 0 N–H and O–H groups in total. The van der Waals surface area contributed by atoms with Gasteiger partial charge in [-0.25, -0.2) is 0 Å². The second-order valence-corrected chi connectivity index (χ2v) is 2.70. The van der Waals surface area contributed by atoms with Gasteiger partial charge in [0.05, 0.1) is 0 Å². The first-order valence-electron chi connectivity index (χ1n) is 2.94.